The van der Waals surface area contributed by atoms with E-state index in [1.807, 2.05) is 24.3 Å². The Kier molecular flexibility index (Phi) is 10.4. The Morgan fingerprint density at radius 1 is 1.09 bits per heavy atom. The van der Waals surface area contributed by atoms with Crippen LogP contribution in [0.2, 0.25) is 0 Å². The monoisotopic (exact) mass is 733 g/mol. The van der Waals surface area contributed by atoms with Gasteiger partial charge in [-0.15, -0.1) is 0 Å². The highest BCUT2D eigenvalue weighted by atomic mass is 32.2. The highest BCUT2D eigenvalue weighted by molar-refractivity contribution is 8.03. The van der Waals surface area contributed by atoms with Crippen molar-refractivity contribution in [3.05, 3.63) is 81.4 Å². The Hall–Kier alpha value is -2.43. The lowest BCUT2D eigenvalue weighted by Crippen LogP contribution is -2.36. The van der Waals surface area contributed by atoms with E-state index in [1.165, 1.54) is 30.1 Å². The molecule has 2 heterocycles. The van der Waals surface area contributed by atoms with Gasteiger partial charge in [-0.05, 0) is 91.7 Å². The van der Waals surface area contributed by atoms with Gasteiger partial charge in [0.25, 0.3) is 15.1 Å². The van der Waals surface area contributed by atoms with Crippen LogP contribution in [0.1, 0.15) is 44.0 Å². The lowest BCUT2D eigenvalue weighted by Gasteiger charge is -2.28. The second-order valence-electron chi connectivity index (χ2n) is 11.8. The quantitative estimate of drug-likeness (QED) is 0.0705. The van der Waals surface area contributed by atoms with Crippen molar-refractivity contribution in [1.29, 1.82) is 0 Å². The SMILES string of the molecule is CCN1/C(=C/C2=CC3=C/C(=C/c4sc5ccc(SOOC)cc5[n+]4CCCS(=O)(=O)O)CCC3CC2)Sc2ccc(S(C)(=O)=O)cc21. The summed E-state index contributed by atoms with van der Waals surface area (Å²) in [5, 5.41) is 2.12. The van der Waals surface area contributed by atoms with Crippen molar-refractivity contribution in [2.75, 3.05) is 30.6 Å². The van der Waals surface area contributed by atoms with Gasteiger partial charge in [0.15, 0.2) is 16.4 Å². The number of rotatable bonds is 11. The van der Waals surface area contributed by atoms with Crippen molar-refractivity contribution in [3.8, 4) is 0 Å². The molecule has 1 N–H and O–H groups in total. The summed E-state index contributed by atoms with van der Waals surface area (Å²) in [7, 11) is -5.91. The molecule has 14 heteroatoms. The molecule has 6 rings (SSSR count). The standard InChI is InChI=1S/C33H36N2O7S5/c1-4-34-29-21-27(46(3,36)37)11-13-31(29)43-32(34)18-22-6-8-24-9-7-23(17-25(24)16-22)19-33-35(14-5-15-47(38,39)40)28-20-26(45-42-41-2)10-12-30(28)44-33/h10-13,16-21,24H,4-9,14-15H2,1-3H3/p+1. The third kappa shape index (κ3) is 8.07. The van der Waals surface area contributed by atoms with Crippen LogP contribution in [0, 0.1) is 5.92 Å². The molecule has 0 saturated heterocycles. The van der Waals surface area contributed by atoms with Gasteiger partial charge in [-0.25, -0.2) is 13.3 Å². The highest BCUT2D eigenvalue weighted by Gasteiger charge is 2.28. The Morgan fingerprint density at radius 2 is 1.89 bits per heavy atom. The maximum absolute atomic E-state index is 12.2. The van der Waals surface area contributed by atoms with Crippen LogP contribution in [-0.4, -0.2) is 47.1 Å². The van der Waals surface area contributed by atoms with Crippen molar-refractivity contribution in [2.24, 2.45) is 5.92 Å². The zero-order valence-electron chi connectivity index (χ0n) is 26.3. The minimum absolute atomic E-state index is 0.285. The average Bonchev–Trinajstić information content (AvgIpc) is 3.54. The summed E-state index contributed by atoms with van der Waals surface area (Å²) in [5.74, 6) is 0.202. The molecule has 47 heavy (non-hydrogen) atoms. The molecule has 2 aromatic carbocycles. The lowest BCUT2D eigenvalue weighted by molar-refractivity contribution is -0.668. The average molecular weight is 734 g/mol. The van der Waals surface area contributed by atoms with Crippen LogP contribution < -0.4 is 9.47 Å². The van der Waals surface area contributed by atoms with Crippen LogP contribution in [-0.2, 0) is 35.7 Å². The van der Waals surface area contributed by atoms with Crippen LogP contribution in [0.15, 0.2) is 91.1 Å². The predicted molar refractivity (Wildman–Crippen MR) is 190 cm³/mol. The number of sulfone groups is 1. The fraction of sp³-hybridized carbons (Fsp3) is 0.364. The van der Waals surface area contributed by atoms with E-state index in [-0.39, 0.29) is 12.2 Å². The number of benzene rings is 2. The maximum Gasteiger partial charge on any atom is 0.265 e. The number of hydrogen-bond donors (Lipinski definition) is 1. The first-order chi connectivity index (χ1) is 22.4. The van der Waals surface area contributed by atoms with Gasteiger partial charge in [0, 0.05) is 41.2 Å². The van der Waals surface area contributed by atoms with Gasteiger partial charge >= 0.3 is 0 Å². The fourth-order valence-electron chi connectivity index (χ4n) is 6.25. The molecule has 2 aliphatic carbocycles. The van der Waals surface area contributed by atoms with Crippen LogP contribution >= 0.6 is 35.1 Å². The first-order valence-electron chi connectivity index (χ1n) is 15.3. The van der Waals surface area contributed by atoms with Crippen LogP contribution in [0.5, 0.6) is 0 Å². The van der Waals surface area contributed by atoms with Crippen LogP contribution in [0.25, 0.3) is 16.3 Å². The number of thiazole rings is 1. The van der Waals surface area contributed by atoms with Gasteiger partial charge < -0.3 is 4.90 Å². The predicted octanol–water partition coefficient (Wildman–Crippen LogP) is 7.37. The molecular formula is C33H37N2O7S5+. The maximum atomic E-state index is 12.2. The number of thioether (sulfide) groups is 1. The zero-order valence-corrected chi connectivity index (χ0v) is 30.4. The van der Waals surface area contributed by atoms with Crippen LogP contribution in [0.4, 0.5) is 5.69 Å². The van der Waals surface area contributed by atoms with Crippen molar-refractivity contribution in [1.82, 2.24) is 0 Å². The molecule has 1 aliphatic heterocycles. The summed E-state index contributed by atoms with van der Waals surface area (Å²) >= 11 is 4.44. The molecule has 9 nitrogen and oxygen atoms in total. The van der Waals surface area contributed by atoms with E-state index < -0.39 is 20.0 Å². The van der Waals surface area contributed by atoms with Gasteiger partial charge in [-0.2, -0.15) is 17.3 Å². The van der Waals surface area contributed by atoms with E-state index in [4.69, 9.17) is 9.22 Å². The van der Waals surface area contributed by atoms with Gasteiger partial charge in [0.05, 0.1) is 40.5 Å². The zero-order chi connectivity index (χ0) is 33.3. The van der Waals surface area contributed by atoms with E-state index in [0.29, 0.717) is 17.4 Å². The van der Waals surface area contributed by atoms with E-state index >= 15 is 0 Å². The Bertz CT molecular complexity index is 2050. The Balaban J connectivity index is 1.30. The summed E-state index contributed by atoms with van der Waals surface area (Å²) in [6.07, 6.45) is 14.7. The highest BCUT2D eigenvalue weighted by Crippen LogP contribution is 2.48. The summed E-state index contributed by atoms with van der Waals surface area (Å²) < 4.78 is 64.9. The topological polar surface area (TPSA) is 114 Å². The molecule has 1 unspecified atom stereocenters. The summed E-state index contributed by atoms with van der Waals surface area (Å²) in [5.41, 5.74) is 5.70. The second kappa shape index (κ2) is 14.2. The van der Waals surface area contributed by atoms with Gasteiger partial charge in [0.2, 0.25) is 5.52 Å². The van der Waals surface area contributed by atoms with E-state index in [0.717, 1.165) is 80.0 Å². The Morgan fingerprint density at radius 3 is 2.64 bits per heavy atom. The van der Waals surface area contributed by atoms with E-state index in [1.54, 1.807) is 35.2 Å². The number of aryl methyl sites for hydroxylation is 1. The van der Waals surface area contributed by atoms with E-state index in [9.17, 15) is 21.4 Å². The number of anilines is 1. The number of allylic oxidation sites excluding steroid dienone is 6. The first-order valence-corrected chi connectivity index (χ1v) is 21.2. The molecule has 0 radical (unpaired) electrons. The molecule has 0 bridgehead atoms. The third-order valence-electron chi connectivity index (χ3n) is 8.49. The summed E-state index contributed by atoms with van der Waals surface area (Å²) in [4.78, 5) is 9.19. The normalized spacial score (nSPS) is 20.1. The smallest absolute Gasteiger partial charge is 0.265 e. The van der Waals surface area contributed by atoms with Crippen molar-refractivity contribution < 1.29 is 35.2 Å². The molecule has 1 atom stereocenters. The largest absolute Gasteiger partial charge is 0.335 e. The minimum Gasteiger partial charge on any atom is -0.335 e. The molecule has 0 fully saturated rings. The fourth-order valence-corrected chi connectivity index (χ4v) is 10.1. The Labute approximate surface area is 288 Å². The minimum atomic E-state index is -4.06. The van der Waals surface area contributed by atoms with Gasteiger partial charge in [-0.1, -0.05) is 35.3 Å². The molecule has 3 aliphatic rings. The summed E-state index contributed by atoms with van der Waals surface area (Å²) in [6, 6.07) is 11.4. The van der Waals surface area contributed by atoms with Crippen molar-refractivity contribution in [3.63, 3.8) is 0 Å². The lowest BCUT2D eigenvalue weighted by atomic mass is 9.77. The van der Waals surface area contributed by atoms with Crippen molar-refractivity contribution >= 4 is 77.1 Å². The molecule has 0 amide bonds. The molecule has 1 aromatic heterocycles. The molecule has 0 saturated carbocycles. The number of hydrogen-bond acceptors (Lipinski definition) is 10. The first kappa shape index (κ1) is 34.4. The molecule has 0 spiro atoms. The molecule has 250 valence electrons. The van der Waals surface area contributed by atoms with E-state index in [2.05, 4.69) is 40.7 Å². The van der Waals surface area contributed by atoms with Crippen LogP contribution in [0.3, 0.4) is 0 Å². The van der Waals surface area contributed by atoms with Crippen molar-refractivity contribution in [2.45, 2.75) is 60.3 Å². The second-order valence-corrected chi connectivity index (χ2v) is 18.3. The third-order valence-corrected chi connectivity index (χ3v) is 13.3. The summed E-state index contributed by atoms with van der Waals surface area (Å²) in [6.45, 7) is 3.26. The molecule has 3 aromatic rings. The number of fused-ring (bicyclic) bond motifs is 3. The number of aromatic nitrogens is 1. The van der Waals surface area contributed by atoms with Gasteiger partial charge in [0.1, 0.15) is 4.70 Å². The molecular weight excluding hydrogens is 697 g/mol. The number of nitrogens with zero attached hydrogens (tertiary/aromatic N) is 2. The van der Waals surface area contributed by atoms with Gasteiger partial charge in [-0.3, -0.25) is 4.55 Å².